The van der Waals surface area contributed by atoms with E-state index in [-0.39, 0.29) is 46.9 Å². The highest BCUT2D eigenvalue weighted by Gasteiger charge is 2.53. The molecule has 0 aromatic heterocycles. The summed E-state index contributed by atoms with van der Waals surface area (Å²) in [6.45, 7) is 11.0. The summed E-state index contributed by atoms with van der Waals surface area (Å²) in [6.07, 6.45) is 3.02. The highest BCUT2D eigenvalue weighted by molar-refractivity contribution is 5.94. The number of morpholine rings is 1. The summed E-state index contributed by atoms with van der Waals surface area (Å²) >= 11 is 0. The first kappa shape index (κ1) is 27.6. The molecule has 3 aliphatic rings. The monoisotopic (exact) mass is 510 g/mol. The third-order valence-electron chi connectivity index (χ3n) is 9.37. The minimum atomic E-state index is -0.594. The third-order valence-corrected chi connectivity index (χ3v) is 9.37. The van der Waals surface area contributed by atoms with Crippen LogP contribution in [0.25, 0.3) is 0 Å². The summed E-state index contributed by atoms with van der Waals surface area (Å²) in [5, 5.41) is 26.9. The lowest BCUT2D eigenvalue weighted by molar-refractivity contribution is -0.142. The number of ether oxygens (including phenoxy) is 1. The van der Waals surface area contributed by atoms with Gasteiger partial charge < -0.3 is 20.5 Å². The molecule has 2 saturated carbocycles. The van der Waals surface area contributed by atoms with E-state index in [2.05, 4.69) is 35.5 Å². The maximum absolute atomic E-state index is 13.0. The van der Waals surface area contributed by atoms with Crippen molar-refractivity contribution in [2.75, 3.05) is 39.4 Å². The van der Waals surface area contributed by atoms with Crippen LogP contribution in [0.15, 0.2) is 24.3 Å². The molecule has 8 heteroatoms. The van der Waals surface area contributed by atoms with Crippen molar-refractivity contribution >= 4 is 11.8 Å². The first-order valence-electron chi connectivity index (χ1n) is 13.8. The smallest absolute Gasteiger partial charge is 0.251 e. The fraction of sp³-hybridized carbons (Fsp3) is 0.690. The molecule has 2 amide bonds. The van der Waals surface area contributed by atoms with Gasteiger partial charge in [-0.25, -0.2) is 0 Å². The molecule has 4 rings (SSSR count). The van der Waals surface area contributed by atoms with Crippen molar-refractivity contribution in [1.82, 2.24) is 15.5 Å². The molecule has 0 radical (unpaired) electrons. The normalized spacial score (nSPS) is 33.0. The lowest BCUT2D eigenvalue weighted by Crippen LogP contribution is -2.58. The number of carbonyl (C=O) groups excluding carboxylic acids is 2. The number of aliphatic hydroxyl groups excluding tert-OH is 1. The number of hydrogen-bond donors (Lipinski definition) is 3. The molecule has 1 heterocycles. The number of nitriles is 1. The number of hydrogen-bond acceptors (Lipinski definition) is 6. The average Bonchev–Trinajstić information content (AvgIpc) is 2.90. The summed E-state index contributed by atoms with van der Waals surface area (Å²) in [4.78, 5) is 28.3. The van der Waals surface area contributed by atoms with Crippen molar-refractivity contribution in [3.63, 3.8) is 0 Å². The van der Waals surface area contributed by atoms with Gasteiger partial charge in [0, 0.05) is 43.7 Å². The lowest BCUT2D eigenvalue weighted by atomic mass is 9.51. The molecule has 3 fully saturated rings. The summed E-state index contributed by atoms with van der Waals surface area (Å²) in [7, 11) is 0. The molecule has 1 aliphatic heterocycles. The van der Waals surface area contributed by atoms with Gasteiger partial charge in [0.25, 0.3) is 5.91 Å². The van der Waals surface area contributed by atoms with Crippen molar-refractivity contribution in [1.29, 1.82) is 5.26 Å². The van der Waals surface area contributed by atoms with E-state index in [1.807, 2.05) is 6.92 Å². The molecular formula is C29H42N4O4. The summed E-state index contributed by atoms with van der Waals surface area (Å²) < 4.78 is 5.39. The quantitative estimate of drug-likeness (QED) is 0.519. The number of amides is 2. The number of aliphatic hydroxyl groups is 1. The summed E-state index contributed by atoms with van der Waals surface area (Å²) in [5.41, 5.74) is 1.05. The molecule has 2 aliphatic carbocycles. The Labute approximate surface area is 220 Å². The Kier molecular flexibility index (Phi) is 8.89. The fourth-order valence-electron chi connectivity index (χ4n) is 6.96. The predicted molar refractivity (Wildman–Crippen MR) is 141 cm³/mol. The van der Waals surface area contributed by atoms with E-state index in [4.69, 9.17) is 10.00 Å². The zero-order valence-electron chi connectivity index (χ0n) is 22.4. The van der Waals surface area contributed by atoms with Gasteiger partial charge in [0.1, 0.15) is 0 Å². The van der Waals surface area contributed by atoms with Crippen LogP contribution >= 0.6 is 0 Å². The predicted octanol–water partition coefficient (Wildman–Crippen LogP) is 2.56. The van der Waals surface area contributed by atoms with Crippen LogP contribution in [0.1, 0.15) is 62.4 Å². The van der Waals surface area contributed by atoms with Crippen molar-refractivity contribution in [2.45, 2.75) is 58.6 Å². The highest BCUT2D eigenvalue weighted by atomic mass is 16.5. The van der Waals surface area contributed by atoms with E-state index < -0.39 is 6.10 Å². The van der Waals surface area contributed by atoms with E-state index in [9.17, 15) is 14.7 Å². The Morgan fingerprint density at radius 2 is 1.89 bits per heavy atom. The summed E-state index contributed by atoms with van der Waals surface area (Å²) in [5.74, 6) is -0.429. The Balaban J connectivity index is 1.36. The highest BCUT2D eigenvalue weighted by Crippen LogP contribution is 2.55. The van der Waals surface area contributed by atoms with Gasteiger partial charge in [0.15, 0.2) is 0 Å². The van der Waals surface area contributed by atoms with Gasteiger partial charge in [-0.15, -0.1) is 0 Å². The summed E-state index contributed by atoms with van der Waals surface area (Å²) in [6, 6.07) is 8.68. The van der Waals surface area contributed by atoms with Gasteiger partial charge in [-0.2, -0.15) is 5.26 Å². The molecule has 8 nitrogen and oxygen atoms in total. The van der Waals surface area contributed by atoms with Crippen LogP contribution in [0.5, 0.6) is 0 Å². The molecule has 1 aromatic rings. The van der Waals surface area contributed by atoms with E-state index >= 15 is 0 Å². The van der Waals surface area contributed by atoms with Gasteiger partial charge in [-0.3, -0.25) is 14.5 Å². The molecule has 0 bridgehead atoms. The molecule has 1 unspecified atom stereocenters. The van der Waals surface area contributed by atoms with Crippen molar-refractivity contribution in [3.8, 4) is 6.07 Å². The lowest BCUT2D eigenvalue weighted by Gasteiger charge is -2.56. The van der Waals surface area contributed by atoms with Crippen LogP contribution in [0.4, 0.5) is 0 Å². The Bertz CT molecular complexity index is 987. The van der Waals surface area contributed by atoms with Gasteiger partial charge in [-0.1, -0.05) is 20.8 Å². The van der Waals surface area contributed by atoms with Gasteiger partial charge in [0.05, 0.1) is 31.0 Å². The SMILES string of the molecule is C[C@H]1[C@@H]2[C@@H](O)C([C@H](C)C(=O)NCCN3CCOCC3)CC[C@@]2(C)CC[C@@H]1NC(=O)c1ccc(C#N)cc1. The fourth-order valence-corrected chi connectivity index (χ4v) is 6.96. The van der Waals surface area contributed by atoms with E-state index in [1.165, 1.54) is 0 Å². The number of carbonyl (C=O) groups is 2. The van der Waals surface area contributed by atoms with Crippen LogP contribution in [0, 0.1) is 40.4 Å². The second kappa shape index (κ2) is 11.9. The second-order valence-electron chi connectivity index (χ2n) is 11.6. The van der Waals surface area contributed by atoms with Crippen LogP contribution in [0.2, 0.25) is 0 Å². The third kappa shape index (κ3) is 6.17. The molecule has 0 spiro atoms. The maximum Gasteiger partial charge on any atom is 0.251 e. The molecule has 1 aromatic carbocycles. The molecule has 37 heavy (non-hydrogen) atoms. The molecular weight excluding hydrogens is 468 g/mol. The standard InChI is InChI=1S/C29H42N4O4/c1-19(27(35)31-12-13-33-14-16-37-17-15-33)23-8-10-29(3)11-9-24(20(2)25(29)26(23)34)32-28(36)22-6-4-21(18-30)5-7-22/h4-7,19-20,23-26,34H,8-17H2,1-3H3,(H,31,35)(H,32,36)/t19-,20+,23?,24-,25+,26-,29-/m0/s1. The zero-order valence-corrected chi connectivity index (χ0v) is 22.4. The molecule has 1 saturated heterocycles. The molecule has 3 N–H and O–H groups in total. The van der Waals surface area contributed by atoms with Gasteiger partial charge in [-0.05, 0) is 73.1 Å². The van der Waals surface area contributed by atoms with E-state index in [1.54, 1.807) is 24.3 Å². The molecule has 7 atom stereocenters. The topological polar surface area (TPSA) is 115 Å². The average molecular weight is 511 g/mol. The first-order valence-corrected chi connectivity index (χ1v) is 13.8. The van der Waals surface area contributed by atoms with E-state index in [0.717, 1.165) is 58.5 Å². The van der Waals surface area contributed by atoms with Gasteiger partial charge in [0.2, 0.25) is 5.91 Å². The number of nitrogens with zero attached hydrogens (tertiary/aromatic N) is 2. The second-order valence-corrected chi connectivity index (χ2v) is 11.6. The van der Waals surface area contributed by atoms with Crippen LogP contribution in [0.3, 0.4) is 0 Å². The number of benzene rings is 1. The number of fused-ring (bicyclic) bond motifs is 1. The maximum atomic E-state index is 13.0. The number of rotatable bonds is 7. The minimum absolute atomic E-state index is 0.00245. The van der Waals surface area contributed by atoms with Crippen LogP contribution < -0.4 is 10.6 Å². The number of nitrogens with one attached hydrogen (secondary N) is 2. The van der Waals surface area contributed by atoms with Crippen LogP contribution in [-0.4, -0.2) is 73.4 Å². The van der Waals surface area contributed by atoms with Crippen LogP contribution in [-0.2, 0) is 9.53 Å². The zero-order chi connectivity index (χ0) is 26.6. The van der Waals surface area contributed by atoms with Crippen molar-refractivity contribution < 1.29 is 19.4 Å². The Hall–Kier alpha value is -2.47. The minimum Gasteiger partial charge on any atom is -0.392 e. The van der Waals surface area contributed by atoms with Gasteiger partial charge >= 0.3 is 0 Å². The van der Waals surface area contributed by atoms with Crippen molar-refractivity contribution in [2.24, 2.45) is 29.1 Å². The molecule has 202 valence electrons. The Morgan fingerprint density at radius 3 is 2.57 bits per heavy atom. The largest absolute Gasteiger partial charge is 0.392 e. The first-order chi connectivity index (χ1) is 17.7. The Morgan fingerprint density at radius 1 is 1.22 bits per heavy atom. The van der Waals surface area contributed by atoms with E-state index in [0.29, 0.717) is 17.7 Å². The van der Waals surface area contributed by atoms with Crippen molar-refractivity contribution in [3.05, 3.63) is 35.4 Å².